The molecule has 0 bridgehead atoms. The molecule has 34 heavy (non-hydrogen) atoms. The van der Waals surface area contributed by atoms with Gasteiger partial charge in [0.15, 0.2) is 5.72 Å². The van der Waals surface area contributed by atoms with E-state index in [-0.39, 0.29) is 11.9 Å². The number of aromatic nitrogens is 2. The highest BCUT2D eigenvalue weighted by Crippen LogP contribution is 2.47. The Balaban J connectivity index is 1.65. The summed E-state index contributed by atoms with van der Waals surface area (Å²) < 4.78 is 18.6. The van der Waals surface area contributed by atoms with Crippen molar-refractivity contribution in [2.75, 3.05) is 12.4 Å². The molecule has 0 radical (unpaired) electrons. The van der Waals surface area contributed by atoms with Crippen LogP contribution in [0.5, 0.6) is 0 Å². The van der Waals surface area contributed by atoms with Gasteiger partial charge < -0.3 is 14.8 Å². The van der Waals surface area contributed by atoms with Crippen LogP contribution in [-0.4, -0.2) is 39.1 Å². The molecule has 0 fully saturated rings. The maximum Gasteiger partial charge on any atom is 0.413 e. The average Bonchev–Trinajstić information content (AvgIpc) is 3.34. The minimum Gasteiger partial charge on any atom is -0.453 e. The summed E-state index contributed by atoms with van der Waals surface area (Å²) in [7, 11) is 1.24. The number of halogens is 1. The van der Waals surface area contributed by atoms with E-state index in [1.54, 1.807) is 61.5 Å². The minimum atomic E-state index is -1.82. The Labute approximate surface area is 194 Å². The van der Waals surface area contributed by atoms with Gasteiger partial charge in [-0.3, -0.25) is 15.0 Å². The number of imidazole rings is 1. The molecule has 0 spiro atoms. The van der Waals surface area contributed by atoms with Gasteiger partial charge in [0.1, 0.15) is 5.82 Å². The molecule has 172 valence electrons. The van der Waals surface area contributed by atoms with E-state index < -0.39 is 23.7 Å². The van der Waals surface area contributed by atoms with Crippen molar-refractivity contribution in [2.45, 2.75) is 18.7 Å². The quantitative estimate of drug-likeness (QED) is 0.421. The molecule has 1 aliphatic heterocycles. The highest BCUT2D eigenvalue weighted by molar-refractivity contribution is 6.01. The second-order valence-corrected chi connectivity index (χ2v) is 8.06. The van der Waals surface area contributed by atoms with Crippen LogP contribution in [-0.2, 0) is 10.5 Å². The van der Waals surface area contributed by atoms with Gasteiger partial charge in [-0.2, -0.15) is 0 Å². The zero-order chi connectivity index (χ0) is 24.0. The number of fused-ring (bicyclic) bond motifs is 2. The van der Waals surface area contributed by atoms with Crippen molar-refractivity contribution >= 4 is 29.0 Å². The Morgan fingerprint density at radius 1 is 1.18 bits per heavy atom. The lowest BCUT2D eigenvalue weighted by Gasteiger charge is -2.39. The third-order valence-corrected chi connectivity index (χ3v) is 6.11. The average molecular weight is 460 g/mol. The molecule has 8 nitrogen and oxygen atoms in total. The summed E-state index contributed by atoms with van der Waals surface area (Å²) in [6.07, 6.45) is -0.677. The topological polar surface area (TPSA) is 108 Å². The van der Waals surface area contributed by atoms with Crippen LogP contribution >= 0.6 is 0 Å². The Morgan fingerprint density at radius 2 is 1.97 bits per heavy atom. The third-order valence-electron chi connectivity index (χ3n) is 6.11. The molecule has 3 aromatic carbocycles. The van der Waals surface area contributed by atoms with Gasteiger partial charge in [-0.25, -0.2) is 14.2 Å². The Bertz CT molecular complexity index is 1440. The van der Waals surface area contributed by atoms with Crippen molar-refractivity contribution in [2.24, 2.45) is 0 Å². The number of anilines is 1. The maximum atomic E-state index is 14.0. The number of H-pyrrole nitrogens is 1. The number of aliphatic hydroxyl groups is 1. The second kappa shape index (κ2) is 7.96. The summed E-state index contributed by atoms with van der Waals surface area (Å²) in [4.78, 5) is 33.7. The molecule has 3 N–H and O–H groups in total. The zero-order valence-corrected chi connectivity index (χ0v) is 18.4. The summed E-state index contributed by atoms with van der Waals surface area (Å²) in [6.45, 7) is 1.75. The lowest BCUT2D eigenvalue weighted by molar-refractivity contribution is -0.0677. The fraction of sp³-hybridized carbons (Fsp3) is 0.160. The van der Waals surface area contributed by atoms with Gasteiger partial charge in [-0.1, -0.05) is 36.4 Å². The second-order valence-electron chi connectivity index (χ2n) is 8.06. The van der Waals surface area contributed by atoms with Crippen LogP contribution in [0.25, 0.3) is 11.0 Å². The monoisotopic (exact) mass is 460 g/mol. The van der Waals surface area contributed by atoms with Gasteiger partial charge in [-0.05, 0) is 42.8 Å². The van der Waals surface area contributed by atoms with Crippen molar-refractivity contribution in [3.05, 3.63) is 94.8 Å². The SMILES string of the molecule is COC(=O)Nc1nc2ccc(C3(O)c4ccccc4C(=O)N3C(C)c3cccc(F)c3)cc2[nH]1. The number of rotatable bonds is 4. The largest absolute Gasteiger partial charge is 0.453 e. The number of carbonyl (C=O) groups excluding carboxylic acids is 2. The summed E-state index contributed by atoms with van der Waals surface area (Å²) in [5.74, 6) is -0.618. The number of hydrogen-bond acceptors (Lipinski definition) is 5. The maximum absolute atomic E-state index is 14.0. The molecule has 5 rings (SSSR count). The first-order chi connectivity index (χ1) is 16.3. The van der Waals surface area contributed by atoms with Gasteiger partial charge in [0.05, 0.1) is 24.2 Å². The number of aromatic amines is 1. The lowest BCUT2D eigenvalue weighted by atomic mass is 9.92. The van der Waals surface area contributed by atoms with Gasteiger partial charge in [0.25, 0.3) is 5.91 Å². The third kappa shape index (κ3) is 3.29. The first-order valence-corrected chi connectivity index (χ1v) is 10.6. The number of carbonyl (C=O) groups is 2. The van der Waals surface area contributed by atoms with E-state index in [9.17, 15) is 19.1 Å². The van der Waals surface area contributed by atoms with Crippen LogP contribution in [0.15, 0.2) is 66.7 Å². The molecule has 0 aliphatic carbocycles. The number of benzene rings is 3. The molecule has 2 atom stereocenters. The predicted molar refractivity (Wildman–Crippen MR) is 123 cm³/mol. The molecular weight excluding hydrogens is 439 g/mol. The fourth-order valence-electron chi connectivity index (χ4n) is 4.48. The number of amides is 2. The standard InChI is InChI=1S/C25H21FN4O4/c1-14(15-6-5-7-17(26)12-15)30-22(31)18-8-3-4-9-19(18)25(30,33)16-10-11-20-21(13-16)28-23(27-20)29-24(32)34-2/h3-14,33H,1-2H3,(H2,27,28,29,32). The normalized spacial score (nSPS) is 18.1. The van der Waals surface area contributed by atoms with E-state index in [0.717, 1.165) is 0 Å². The van der Waals surface area contributed by atoms with Crippen molar-refractivity contribution in [1.29, 1.82) is 0 Å². The first-order valence-electron chi connectivity index (χ1n) is 10.6. The minimum absolute atomic E-state index is 0.180. The van der Waals surface area contributed by atoms with E-state index in [4.69, 9.17) is 0 Å². The molecule has 1 aromatic heterocycles. The van der Waals surface area contributed by atoms with Gasteiger partial charge in [0.2, 0.25) is 5.95 Å². The van der Waals surface area contributed by atoms with E-state index in [2.05, 4.69) is 20.0 Å². The van der Waals surface area contributed by atoms with Crippen molar-refractivity contribution in [3.63, 3.8) is 0 Å². The molecular formula is C25H21FN4O4. The summed E-state index contributed by atoms with van der Waals surface area (Å²) in [5, 5.41) is 14.6. The zero-order valence-electron chi connectivity index (χ0n) is 18.4. The van der Waals surface area contributed by atoms with Crippen LogP contribution in [0.1, 0.15) is 40.0 Å². The summed E-state index contributed by atoms with van der Waals surface area (Å²) in [5.41, 5.74) is 1.01. The Morgan fingerprint density at radius 3 is 2.74 bits per heavy atom. The van der Waals surface area contributed by atoms with Crippen molar-refractivity contribution in [1.82, 2.24) is 14.9 Å². The van der Waals surface area contributed by atoms with E-state index in [1.807, 2.05) is 0 Å². The highest BCUT2D eigenvalue weighted by Gasteiger charge is 2.52. The molecule has 2 amide bonds. The molecule has 1 aliphatic rings. The van der Waals surface area contributed by atoms with Crippen LogP contribution in [0, 0.1) is 5.82 Å². The molecule has 2 heterocycles. The number of nitrogens with one attached hydrogen (secondary N) is 2. The molecule has 0 saturated carbocycles. The fourth-order valence-corrected chi connectivity index (χ4v) is 4.48. The number of ether oxygens (including phenoxy) is 1. The number of nitrogens with zero attached hydrogens (tertiary/aromatic N) is 2. The van der Waals surface area contributed by atoms with Crippen LogP contribution in [0.3, 0.4) is 0 Å². The molecule has 0 saturated heterocycles. The van der Waals surface area contributed by atoms with Crippen molar-refractivity contribution in [3.8, 4) is 0 Å². The van der Waals surface area contributed by atoms with Gasteiger partial charge >= 0.3 is 6.09 Å². The highest BCUT2D eigenvalue weighted by atomic mass is 19.1. The lowest BCUT2D eigenvalue weighted by Crippen LogP contribution is -2.46. The summed E-state index contributed by atoms with van der Waals surface area (Å²) >= 11 is 0. The number of methoxy groups -OCH3 is 1. The van der Waals surface area contributed by atoms with Gasteiger partial charge in [-0.15, -0.1) is 0 Å². The smallest absolute Gasteiger partial charge is 0.413 e. The number of hydrogen-bond donors (Lipinski definition) is 3. The van der Waals surface area contributed by atoms with E-state index in [1.165, 1.54) is 24.1 Å². The van der Waals surface area contributed by atoms with Gasteiger partial charge in [0, 0.05) is 16.7 Å². The molecule has 2 unspecified atom stereocenters. The first kappa shape index (κ1) is 21.6. The molecule has 9 heteroatoms. The summed E-state index contributed by atoms with van der Waals surface area (Å²) in [6, 6.07) is 17.2. The Hall–Kier alpha value is -4.24. The van der Waals surface area contributed by atoms with E-state index >= 15 is 0 Å². The van der Waals surface area contributed by atoms with Crippen LogP contribution in [0.2, 0.25) is 0 Å². The predicted octanol–water partition coefficient (Wildman–Crippen LogP) is 4.29. The van der Waals surface area contributed by atoms with Crippen LogP contribution < -0.4 is 5.32 Å². The van der Waals surface area contributed by atoms with Crippen molar-refractivity contribution < 1.29 is 23.8 Å². The van der Waals surface area contributed by atoms with E-state index in [0.29, 0.717) is 33.3 Å². The Kier molecular flexibility index (Phi) is 5.06. The van der Waals surface area contributed by atoms with Crippen LogP contribution in [0.4, 0.5) is 15.1 Å². The molecule has 4 aromatic rings.